The summed E-state index contributed by atoms with van der Waals surface area (Å²) in [5, 5.41) is 0.532. The Bertz CT molecular complexity index is 511. The molecule has 0 saturated heterocycles. The normalized spacial score (nSPS) is 10.2. The van der Waals surface area contributed by atoms with Crippen LogP contribution in [0.4, 0.5) is 5.69 Å². The quantitative estimate of drug-likeness (QED) is 0.581. The number of carbonyl (C=O) groups is 1. The van der Waals surface area contributed by atoms with Crippen LogP contribution in [0.15, 0.2) is 18.2 Å². The highest BCUT2D eigenvalue weighted by Gasteiger charge is 2.17. The minimum atomic E-state index is -0.322. The van der Waals surface area contributed by atoms with Gasteiger partial charge in [0.1, 0.15) is 11.5 Å². The lowest BCUT2D eigenvalue weighted by Crippen LogP contribution is -2.35. The number of thiocarbonyl (C=S) groups is 1. The van der Waals surface area contributed by atoms with Gasteiger partial charge in [0.25, 0.3) is 0 Å². The number of hydrogen-bond acceptors (Lipinski definition) is 5. The van der Waals surface area contributed by atoms with Gasteiger partial charge in [-0.1, -0.05) is 23.8 Å². The lowest BCUT2D eigenvalue weighted by molar-refractivity contribution is -0.141. The third kappa shape index (κ3) is 5.49. The molecule has 0 amide bonds. The van der Waals surface area contributed by atoms with E-state index >= 15 is 0 Å². The van der Waals surface area contributed by atoms with E-state index in [1.807, 2.05) is 4.90 Å². The molecule has 0 bridgehead atoms. The molecule has 21 heavy (non-hydrogen) atoms. The molecular formula is C14H19ClN2O3S. The van der Waals surface area contributed by atoms with E-state index in [4.69, 9.17) is 39.0 Å². The van der Waals surface area contributed by atoms with Crippen molar-refractivity contribution >= 4 is 40.5 Å². The lowest BCUT2D eigenvalue weighted by Gasteiger charge is -2.25. The van der Waals surface area contributed by atoms with Gasteiger partial charge in [0.2, 0.25) is 0 Å². The number of nitrogens with zero attached hydrogens (tertiary/aromatic N) is 1. The van der Waals surface area contributed by atoms with E-state index in [0.717, 1.165) is 5.69 Å². The minimum Gasteiger partial charge on any atom is -0.465 e. The summed E-state index contributed by atoms with van der Waals surface area (Å²) in [6, 6.07) is 5.19. The Morgan fingerprint density at radius 3 is 2.76 bits per heavy atom. The van der Waals surface area contributed by atoms with E-state index in [0.29, 0.717) is 30.3 Å². The van der Waals surface area contributed by atoms with Crippen LogP contribution in [-0.2, 0) is 14.3 Å². The highest BCUT2D eigenvalue weighted by atomic mass is 35.5. The number of rotatable bonds is 8. The summed E-state index contributed by atoms with van der Waals surface area (Å²) in [5.74, 6) is -0.322. The van der Waals surface area contributed by atoms with Crippen LogP contribution in [0.25, 0.3) is 0 Å². The Hall–Kier alpha value is -1.37. The summed E-state index contributed by atoms with van der Waals surface area (Å²) in [4.78, 5) is 13.8. The summed E-state index contributed by atoms with van der Waals surface area (Å²) < 4.78 is 10.1. The van der Waals surface area contributed by atoms with Gasteiger partial charge >= 0.3 is 5.97 Å². The molecule has 1 rings (SSSR count). The lowest BCUT2D eigenvalue weighted by atomic mass is 10.1. The van der Waals surface area contributed by atoms with Crippen molar-refractivity contribution in [2.75, 3.05) is 38.3 Å². The molecule has 0 heterocycles. The predicted molar refractivity (Wildman–Crippen MR) is 88.1 cm³/mol. The highest BCUT2D eigenvalue weighted by molar-refractivity contribution is 7.80. The number of carbonyl (C=O) groups excluding carboxylic acids is 1. The SMILES string of the molecule is CCOC(=O)CN(CCOC)c1ccc(Cl)cc1C(N)=S. The number of esters is 1. The van der Waals surface area contributed by atoms with Gasteiger partial charge in [0.15, 0.2) is 0 Å². The van der Waals surface area contributed by atoms with Gasteiger partial charge in [0.05, 0.1) is 13.2 Å². The molecule has 0 aromatic heterocycles. The van der Waals surface area contributed by atoms with Crippen LogP contribution in [0.1, 0.15) is 12.5 Å². The Kier molecular flexibility index (Phi) is 7.42. The predicted octanol–water partition coefficient (Wildman–Crippen LogP) is 1.99. The van der Waals surface area contributed by atoms with E-state index in [1.165, 1.54) is 0 Å². The maximum atomic E-state index is 11.7. The fourth-order valence-electron chi connectivity index (χ4n) is 1.83. The second-order valence-corrected chi connectivity index (χ2v) is 5.12. The van der Waals surface area contributed by atoms with E-state index in [-0.39, 0.29) is 17.5 Å². The van der Waals surface area contributed by atoms with E-state index in [1.54, 1.807) is 32.2 Å². The molecular weight excluding hydrogens is 312 g/mol. The molecule has 0 fully saturated rings. The summed E-state index contributed by atoms with van der Waals surface area (Å²) in [6.45, 7) is 3.15. The smallest absolute Gasteiger partial charge is 0.325 e. The molecule has 0 radical (unpaired) electrons. The minimum absolute atomic E-state index is 0.0917. The van der Waals surface area contributed by atoms with Crippen molar-refractivity contribution in [1.82, 2.24) is 0 Å². The largest absolute Gasteiger partial charge is 0.465 e. The summed E-state index contributed by atoms with van der Waals surface area (Å²) in [5.41, 5.74) is 7.09. The number of methoxy groups -OCH3 is 1. The molecule has 0 aliphatic heterocycles. The third-order valence-corrected chi connectivity index (χ3v) is 3.21. The number of anilines is 1. The number of ether oxygens (including phenoxy) is 2. The number of hydrogen-bond donors (Lipinski definition) is 1. The molecule has 2 N–H and O–H groups in total. The second kappa shape index (κ2) is 8.81. The van der Waals surface area contributed by atoms with Gasteiger partial charge in [0, 0.05) is 29.9 Å². The highest BCUT2D eigenvalue weighted by Crippen LogP contribution is 2.24. The Morgan fingerprint density at radius 2 is 2.19 bits per heavy atom. The first-order chi connectivity index (χ1) is 9.99. The van der Waals surface area contributed by atoms with E-state index < -0.39 is 0 Å². The van der Waals surface area contributed by atoms with Crippen LogP contribution in [0.3, 0.4) is 0 Å². The van der Waals surface area contributed by atoms with Crippen molar-refractivity contribution < 1.29 is 14.3 Å². The third-order valence-electron chi connectivity index (χ3n) is 2.76. The molecule has 1 aromatic rings. The van der Waals surface area contributed by atoms with Crippen molar-refractivity contribution in [3.8, 4) is 0 Å². The molecule has 5 nitrogen and oxygen atoms in total. The van der Waals surface area contributed by atoms with Crippen molar-refractivity contribution in [3.63, 3.8) is 0 Å². The Balaban J connectivity index is 3.07. The van der Waals surface area contributed by atoms with Gasteiger partial charge in [-0.25, -0.2) is 0 Å². The molecule has 0 atom stereocenters. The molecule has 0 unspecified atom stereocenters. The average molecular weight is 331 g/mol. The van der Waals surface area contributed by atoms with Gasteiger partial charge in [-0.15, -0.1) is 0 Å². The summed E-state index contributed by atoms with van der Waals surface area (Å²) in [7, 11) is 1.60. The van der Waals surface area contributed by atoms with Gasteiger partial charge in [-0.05, 0) is 25.1 Å². The average Bonchev–Trinajstić information content (AvgIpc) is 2.43. The van der Waals surface area contributed by atoms with Crippen LogP contribution in [0.5, 0.6) is 0 Å². The van der Waals surface area contributed by atoms with Crippen LogP contribution < -0.4 is 10.6 Å². The van der Waals surface area contributed by atoms with E-state index in [9.17, 15) is 4.79 Å². The second-order valence-electron chi connectivity index (χ2n) is 4.25. The van der Waals surface area contributed by atoms with E-state index in [2.05, 4.69) is 0 Å². The zero-order valence-corrected chi connectivity index (χ0v) is 13.7. The maximum Gasteiger partial charge on any atom is 0.325 e. The van der Waals surface area contributed by atoms with Crippen LogP contribution >= 0.6 is 23.8 Å². The first-order valence-corrected chi connectivity index (χ1v) is 7.27. The molecule has 1 aromatic carbocycles. The van der Waals surface area contributed by atoms with Crippen LogP contribution in [-0.4, -0.2) is 44.4 Å². The Labute approximate surface area is 135 Å². The molecule has 0 spiro atoms. The number of nitrogens with two attached hydrogens (primary N) is 1. The summed E-state index contributed by atoms with van der Waals surface area (Å²) >= 11 is 11.0. The molecule has 0 aliphatic carbocycles. The van der Waals surface area contributed by atoms with Crippen molar-refractivity contribution in [1.29, 1.82) is 0 Å². The van der Waals surface area contributed by atoms with Crippen LogP contribution in [0.2, 0.25) is 5.02 Å². The number of benzene rings is 1. The van der Waals surface area contributed by atoms with Gasteiger partial charge < -0.3 is 20.1 Å². The fourth-order valence-corrected chi connectivity index (χ4v) is 2.17. The molecule has 0 aliphatic rings. The standard InChI is InChI=1S/C14H19ClN2O3S/c1-3-20-13(18)9-17(6-7-19-2)12-5-4-10(15)8-11(12)14(16)21/h4-5,8H,3,6-7,9H2,1-2H3,(H2,16,21). The monoisotopic (exact) mass is 330 g/mol. The first kappa shape index (κ1) is 17.7. The first-order valence-electron chi connectivity index (χ1n) is 6.48. The van der Waals surface area contributed by atoms with Crippen molar-refractivity contribution in [2.45, 2.75) is 6.92 Å². The van der Waals surface area contributed by atoms with Crippen molar-refractivity contribution in [2.24, 2.45) is 5.73 Å². The zero-order chi connectivity index (χ0) is 15.8. The number of halogens is 1. The molecule has 0 saturated carbocycles. The summed E-state index contributed by atoms with van der Waals surface area (Å²) in [6.07, 6.45) is 0. The van der Waals surface area contributed by atoms with Gasteiger partial charge in [-0.3, -0.25) is 4.79 Å². The van der Waals surface area contributed by atoms with Crippen molar-refractivity contribution in [3.05, 3.63) is 28.8 Å². The topological polar surface area (TPSA) is 64.8 Å². The van der Waals surface area contributed by atoms with Gasteiger partial charge in [-0.2, -0.15) is 0 Å². The maximum absolute atomic E-state index is 11.7. The van der Waals surface area contributed by atoms with Crippen LogP contribution in [0, 0.1) is 0 Å². The fraction of sp³-hybridized carbons (Fsp3) is 0.429. The Morgan fingerprint density at radius 1 is 1.48 bits per heavy atom. The molecule has 116 valence electrons. The zero-order valence-electron chi connectivity index (χ0n) is 12.1. The molecule has 7 heteroatoms.